The number of carboxylic acids is 1. The van der Waals surface area contributed by atoms with Crippen molar-refractivity contribution in [2.75, 3.05) is 13.2 Å². The first-order chi connectivity index (χ1) is 7.13. The third-order valence-electron chi connectivity index (χ3n) is 1.15. The van der Waals surface area contributed by atoms with Gasteiger partial charge in [-0.15, -0.1) is 0 Å². The Morgan fingerprint density at radius 3 is 1.69 bits per heavy atom. The maximum atomic E-state index is 10.5. The van der Waals surface area contributed by atoms with Gasteiger partial charge in [-0.05, 0) is 12.8 Å². The van der Waals surface area contributed by atoms with Gasteiger partial charge >= 0.3 is 24.8 Å². The van der Waals surface area contributed by atoms with E-state index in [4.69, 9.17) is 14.6 Å². The van der Waals surface area contributed by atoms with Gasteiger partial charge in [-0.25, -0.2) is 4.79 Å². The molecule has 4 nitrogen and oxygen atoms in total. The van der Waals surface area contributed by atoms with Gasteiger partial charge in [-0.3, -0.25) is 0 Å². The average molecular weight is 226 g/mol. The van der Waals surface area contributed by atoms with Crippen molar-refractivity contribution in [3.05, 3.63) is 6.92 Å². The quantitative estimate of drug-likeness (QED) is 0.361. The van der Waals surface area contributed by atoms with Crippen LogP contribution in [0, 0.1) is 6.92 Å². The zero-order valence-electron chi connectivity index (χ0n) is 11.0. The Morgan fingerprint density at radius 1 is 1.19 bits per heavy atom. The summed E-state index contributed by atoms with van der Waals surface area (Å²) in [5.41, 5.74) is 0. The summed E-state index contributed by atoms with van der Waals surface area (Å²) in [6.07, 6.45) is 1.49. The first-order valence-corrected chi connectivity index (χ1v) is 5.39. The van der Waals surface area contributed by atoms with Crippen molar-refractivity contribution in [2.24, 2.45) is 0 Å². The standard InChI is InChI=1S/C8H16O4.C3H7.Li/c1-3-5-11-8(7(9)10)12-6-4-2;1-3-2;/h8H,3-6H2,1-2H3,(H,9,10);1,3H2,2H3;/q;-1;+1. The van der Waals surface area contributed by atoms with E-state index in [1.165, 1.54) is 0 Å². The van der Waals surface area contributed by atoms with Crippen LogP contribution in [-0.4, -0.2) is 30.6 Å². The smallest absolute Gasteiger partial charge is 0.477 e. The number of aliphatic carboxylic acids is 1. The third kappa shape index (κ3) is 16.4. The van der Waals surface area contributed by atoms with E-state index >= 15 is 0 Å². The molecule has 0 aromatic rings. The van der Waals surface area contributed by atoms with E-state index in [0.29, 0.717) is 13.2 Å². The molecular weight excluding hydrogens is 203 g/mol. The summed E-state index contributed by atoms with van der Waals surface area (Å²) in [5.74, 6) is -1.06. The minimum absolute atomic E-state index is 0. The van der Waals surface area contributed by atoms with Crippen LogP contribution in [0.5, 0.6) is 0 Å². The van der Waals surface area contributed by atoms with E-state index in [9.17, 15) is 4.79 Å². The Hall–Kier alpha value is -0.0126. The molecule has 0 spiro atoms. The molecular formula is C11H23LiO4. The van der Waals surface area contributed by atoms with Gasteiger partial charge in [0.25, 0.3) is 6.29 Å². The Morgan fingerprint density at radius 2 is 1.50 bits per heavy atom. The molecule has 0 radical (unpaired) electrons. The van der Waals surface area contributed by atoms with E-state index in [0.717, 1.165) is 19.3 Å². The van der Waals surface area contributed by atoms with Gasteiger partial charge in [0.15, 0.2) is 0 Å². The fourth-order valence-electron chi connectivity index (χ4n) is 0.640. The van der Waals surface area contributed by atoms with Crippen molar-refractivity contribution in [3.8, 4) is 0 Å². The zero-order chi connectivity index (χ0) is 12.1. The minimum Gasteiger partial charge on any atom is -0.477 e. The van der Waals surface area contributed by atoms with Gasteiger partial charge in [-0.1, -0.05) is 20.8 Å². The summed E-state index contributed by atoms with van der Waals surface area (Å²) in [7, 11) is 0. The number of hydrogen-bond acceptors (Lipinski definition) is 3. The predicted molar refractivity (Wildman–Crippen MR) is 59.6 cm³/mol. The molecule has 16 heavy (non-hydrogen) atoms. The van der Waals surface area contributed by atoms with E-state index in [1.807, 2.05) is 20.8 Å². The molecule has 92 valence electrons. The molecule has 0 atom stereocenters. The second-order valence-corrected chi connectivity index (χ2v) is 2.91. The van der Waals surface area contributed by atoms with Gasteiger partial charge < -0.3 is 21.5 Å². The molecule has 0 saturated heterocycles. The van der Waals surface area contributed by atoms with Crippen LogP contribution in [0.3, 0.4) is 0 Å². The topological polar surface area (TPSA) is 55.8 Å². The SMILES string of the molecule is CCCOC(OCCC)C(=O)O.[CH2-]CC.[Li+]. The number of carboxylic acid groups (broad SMARTS) is 1. The van der Waals surface area contributed by atoms with Crippen LogP contribution in [0.25, 0.3) is 0 Å². The zero-order valence-corrected chi connectivity index (χ0v) is 11.0. The molecule has 0 aliphatic heterocycles. The summed E-state index contributed by atoms with van der Waals surface area (Å²) >= 11 is 0. The van der Waals surface area contributed by atoms with Crippen molar-refractivity contribution >= 4 is 5.97 Å². The third-order valence-corrected chi connectivity index (χ3v) is 1.15. The maximum Gasteiger partial charge on any atom is 1.00 e. The summed E-state index contributed by atoms with van der Waals surface area (Å²) in [5, 5.41) is 8.58. The second-order valence-electron chi connectivity index (χ2n) is 2.91. The predicted octanol–water partition coefficient (Wildman–Crippen LogP) is -0.515. The van der Waals surface area contributed by atoms with Gasteiger partial charge in [0.05, 0.1) is 13.2 Å². The summed E-state index contributed by atoms with van der Waals surface area (Å²) in [4.78, 5) is 10.5. The fraction of sp³-hybridized carbons (Fsp3) is 0.818. The number of rotatable bonds is 7. The largest absolute Gasteiger partial charge is 1.00 e. The minimum atomic E-state index is -1.09. The van der Waals surface area contributed by atoms with Crippen LogP contribution >= 0.6 is 0 Å². The van der Waals surface area contributed by atoms with Crippen LogP contribution in [-0.2, 0) is 14.3 Å². The monoisotopic (exact) mass is 226 g/mol. The van der Waals surface area contributed by atoms with E-state index in [1.54, 1.807) is 0 Å². The van der Waals surface area contributed by atoms with Crippen LogP contribution in [0.1, 0.15) is 40.0 Å². The molecule has 0 saturated carbocycles. The molecule has 0 unspecified atom stereocenters. The summed E-state index contributed by atoms with van der Waals surface area (Å²) < 4.78 is 9.87. The van der Waals surface area contributed by atoms with Crippen molar-refractivity contribution in [1.82, 2.24) is 0 Å². The first kappa shape index (κ1) is 21.3. The Kier molecular flexibility index (Phi) is 23.1. The van der Waals surface area contributed by atoms with Crippen molar-refractivity contribution in [2.45, 2.75) is 46.3 Å². The molecule has 1 N–H and O–H groups in total. The first-order valence-electron chi connectivity index (χ1n) is 5.39. The van der Waals surface area contributed by atoms with Crippen molar-refractivity contribution in [3.63, 3.8) is 0 Å². The van der Waals surface area contributed by atoms with Gasteiger partial charge in [0.1, 0.15) is 0 Å². The molecule has 0 aliphatic carbocycles. The van der Waals surface area contributed by atoms with Crippen LogP contribution in [0.4, 0.5) is 0 Å². The van der Waals surface area contributed by atoms with Crippen LogP contribution in [0.15, 0.2) is 0 Å². The van der Waals surface area contributed by atoms with Crippen LogP contribution < -0.4 is 18.9 Å². The normalized spacial score (nSPS) is 9.06. The van der Waals surface area contributed by atoms with Gasteiger partial charge in [0, 0.05) is 0 Å². The second kappa shape index (κ2) is 17.4. The molecule has 0 aromatic carbocycles. The molecule has 0 rings (SSSR count). The molecule has 0 heterocycles. The van der Waals surface area contributed by atoms with Crippen LogP contribution in [0.2, 0.25) is 0 Å². The van der Waals surface area contributed by atoms with Crippen molar-refractivity contribution in [1.29, 1.82) is 0 Å². The molecule has 5 heteroatoms. The summed E-state index contributed by atoms with van der Waals surface area (Å²) in [6.45, 7) is 10.2. The van der Waals surface area contributed by atoms with Crippen molar-refractivity contribution < 1.29 is 38.2 Å². The molecule has 0 aromatic heterocycles. The number of ether oxygens (including phenoxy) is 2. The Balaban J connectivity index is -0.000000377. The Bertz CT molecular complexity index is 134. The average Bonchev–Trinajstić information content (AvgIpc) is 2.19. The maximum absolute atomic E-state index is 10.5. The molecule has 0 amide bonds. The summed E-state index contributed by atoms with van der Waals surface area (Å²) in [6, 6.07) is 0. The van der Waals surface area contributed by atoms with Gasteiger partial charge in [-0.2, -0.15) is 6.42 Å². The molecule has 0 bridgehead atoms. The van der Waals surface area contributed by atoms with Gasteiger partial charge in [0.2, 0.25) is 0 Å². The van der Waals surface area contributed by atoms with E-state index in [2.05, 4.69) is 6.92 Å². The Labute approximate surface area is 111 Å². The molecule has 0 fully saturated rings. The molecule has 0 aliphatic rings. The van der Waals surface area contributed by atoms with E-state index in [-0.39, 0.29) is 18.9 Å². The van der Waals surface area contributed by atoms with E-state index < -0.39 is 12.3 Å². The number of hydrogen-bond donors (Lipinski definition) is 1. The number of carbonyl (C=O) groups is 1. The fourth-order valence-corrected chi connectivity index (χ4v) is 0.640.